The first-order chi connectivity index (χ1) is 10.1. The third-order valence-corrected chi connectivity index (χ3v) is 5.76. The molecule has 3 atom stereocenters. The fourth-order valence-corrected chi connectivity index (χ4v) is 3.85. The Labute approximate surface area is 137 Å². The third kappa shape index (κ3) is 2.99. The van der Waals surface area contributed by atoms with Crippen molar-refractivity contribution in [3.05, 3.63) is 33.0 Å². The Morgan fingerprint density at radius 1 is 1.52 bits per heavy atom. The molecule has 1 aromatic carbocycles. The molecule has 116 valence electrons. The van der Waals surface area contributed by atoms with Gasteiger partial charge in [-0.05, 0) is 48.4 Å². The molecule has 0 bridgehead atoms. The lowest BCUT2D eigenvalue weighted by Crippen LogP contribution is -2.50. The summed E-state index contributed by atoms with van der Waals surface area (Å²) in [6.45, 7) is 2.68. The highest BCUT2D eigenvalue weighted by atomic mass is 79.9. The number of nitrogens with zero attached hydrogens (tertiary/aromatic N) is 1. The number of morpholine rings is 1. The molecular formula is C15H19BrClFN2O. The molecule has 3 nitrogen and oxygen atoms in total. The Balaban J connectivity index is 1.83. The van der Waals surface area contributed by atoms with Crippen LogP contribution in [0.3, 0.4) is 0 Å². The predicted octanol–water partition coefficient (Wildman–Crippen LogP) is 3.37. The van der Waals surface area contributed by atoms with Crippen molar-refractivity contribution in [2.75, 3.05) is 26.7 Å². The second-order valence-electron chi connectivity index (χ2n) is 5.69. The summed E-state index contributed by atoms with van der Waals surface area (Å²) < 4.78 is 21.0. The third-order valence-electron chi connectivity index (χ3n) is 4.50. The summed E-state index contributed by atoms with van der Waals surface area (Å²) in [5.41, 5.74) is 0.563. The van der Waals surface area contributed by atoms with E-state index in [4.69, 9.17) is 16.3 Å². The molecule has 3 rings (SSSR count). The highest BCUT2D eigenvalue weighted by Crippen LogP contribution is 2.34. The van der Waals surface area contributed by atoms with E-state index in [0.29, 0.717) is 16.1 Å². The van der Waals surface area contributed by atoms with Crippen molar-refractivity contribution in [1.82, 2.24) is 10.2 Å². The van der Waals surface area contributed by atoms with Crippen molar-refractivity contribution >= 4 is 27.5 Å². The van der Waals surface area contributed by atoms with E-state index in [0.717, 1.165) is 19.7 Å². The quantitative estimate of drug-likeness (QED) is 0.818. The highest BCUT2D eigenvalue weighted by Gasteiger charge is 2.36. The molecule has 2 aliphatic rings. The maximum absolute atomic E-state index is 14.5. The summed E-state index contributed by atoms with van der Waals surface area (Å²) in [4.78, 5) is 2.46. The van der Waals surface area contributed by atoms with Crippen molar-refractivity contribution in [1.29, 1.82) is 0 Å². The Hall–Kier alpha value is -0.200. The first-order valence-electron chi connectivity index (χ1n) is 7.28. The van der Waals surface area contributed by atoms with Gasteiger partial charge in [0.15, 0.2) is 0 Å². The summed E-state index contributed by atoms with van der Waals surface area (Å²) in [7, 11) is 1.83. The van der Waals surface area contributed by atoms with Gasteiger partial charge in [0.1, 0.15) is 5.82 Å². The zero-order valence-electron chi connectivity index (χ0n) is 11.9. The smallest absolute Gasteiger partial charge is 0.147 e. The van der Waals surface area contributed by atoms with Crippen LogP contribution in [0.15, 0.2) is 16.6 Å². The van der Waals surface area contributed by atoms with Crippen LogP contribution in [-0.2, 0) is 4.74 Å². The number of nitrogens with one attached hydrogen (secondary N) is 1. The maximum atomic E-state index is 14.5. The Morgan fingerprint density at radius 2 is 2.33 bits per heavy atom. The monoisotopic (exact) mass is 376 g/mol. The van der Waals surface area contributed by atoms with Crippen LogP contribution in [0.1, 0.15) is 24.4 Å². The SMILES string of the molecule is CNC(c1ccc(Br)c(Cl)c1F)C1CN2CCCC2CO1. The van der Waals surface area contributed by atoms with Crippen molar-refractivity contribution < 1.29 is 9.13 Å². The first kappa shape index (κ1) is 15.7. The minimum absolute atomic E-state index is 0.0592. The minimum Gasteiger partial charge on any atom is -0.373 e. The molecule has 2 saturated heterocycles. The maximum Gasteiger partial charge on any atom is 0.147 e. The Kier molecular flexibility index (Phi) is 4.86. The van der Waals surface area contributed by atoms with E-state index in [1.54, 1.807) is 12.1 Å². The van der Waals surface area contributed by atoms with Gasteiger partial charge in [0.05, 0.1) is 23.8 Å². The van der Waals surface area contributed by atoms with E-state index in [9.17, 15) is 4.39 Å². The zero-order chi connectivity index (χ0) is 15.0. The molecule has 2 heterocycles. The molecule has 0 aliphatic carbocycles. The molecule has 0 saturated carbocycles. The van der Waals surface area contributed by atoms with Crippen molar-refractivity contribution in [2.24, 2.45) is 0 Å². The Bertz CT molecular complexity index is 531. The average Bonchev–Trinajstić information content (AvgIpc) is 2.95. The van der Waals surface area contributed by atoms with Gasteiger partial charge in [0, 0.05) is 22.6 Å². The van der Waals surface area contributed by atoms with Crippen LogP contribution in [0, 0.1) is 5.82 Å². The molecule has 0 aromatic heterocycles. The van der Waals surface area contributed by atoms with E-state index in [2.05, 4.69) is 26.1 Å². The number of fused-ring (bicyclic) bond motifs is 1. The van der Waals surface area contributed by atoms with E-state index in [-0.39, 0.29) is 23.0 Å². The van der Waals surface area contributed by atoms with Gasteiger partial charge in [-0.2, -0.15) is 0 Å². The summed E-state index contributed by atoms with van der Waals surface area (Å²) in [6, 6.07) is 3.90. The van der Waals surface area contributed by atoms with Crippen LogP contribution >= 0.6 is 27.5 Å². The predicted molar refractivity (Wildman–Crippen MR) is 85.2 cm³/mol. The van der Waals surface area contributed by atoms with Crippen LogP contribution in [0.5, 0.6) is 0 Å². The topological polar surface area (TPSA) is 24.5 Å². The summed E-state index contributed by atoms with van der Waals surface area (Å²) >= 11 is 9.26. The van der Waals surface area contributed by atoms with Gasteiger partial charge in [-0.3, -0.25) is 4.90 Å². The molecule has 1 aromatic rings. The van der Waals surface area contributed by atoms with E-state index in [1.807, 2.05) is 7.05 Å². The van der Waals surface area contributed by atoms with Crippen molar-refractivity contribution in [2.45, 2.75) is 31.0 Å². The number of likely N-dealkylation sites (N-methyl/N-ethyl adjacent to an activating group) is 1. The second kappa shape index (κ2) is 6.50. The summed E-state index contributed by atoms with van der Waals surface area (Å²) in [5, 5.41) is 3.32. The number of rotatable bonds is 3. The van der Waals surface area contributed by atoms with E-state index in [1.165, 1.54) is 12.8 Å². The molecule has 2 fully saturated rings. The second-order valence-corrected chi connectivity index (χ2v) is 6.93. The van der Waals surface area contributed by atoms with Crippen LogP contribution in [0.25, 0.3) is 0 Å². The largest absolute Gasteiger partial charge is 0.373 e. The molecule has 0 radical (unpaired) electrons. The van der Waals surface area contributed by atoms with Crippen LogP contribution in [-0.4, -0.2) is 43.8 Å². The van der Waals surface area contributed by atoms with E-state index < -0.39 is 0 Å². The lowest BCUT2D eigenvalue weighted by Gasteiger charge is -2.39. The van der Waals surface area contributed by atoms with Crippen molar-refractivity contribution in [3.8, 4) is 0 Å². The van der Waals surface area contributed by atoms with Crippen LogP contribution < -0.4 is 5.32 Å². The molecule has 0 amide bonds. The van der Waals surface area contributed by atoms with Gasteiger partial charge in [-0.1, -0.05) is 17.7 Å². The first-order valence-corrected chi connectivity index (χ1v) is 8.45. The molecule has 3 unspecified atom stereocenters. The van der Waals surface area contributed by atoms with Gasteiger partial charge in [0.2, 0.25) is 0 Å². The van der Waals surface area contributed by atoms with Gasteiger partial charge in [0.25, 0.3) is 0 Å². The number of hydrogen-bond donors (Lipinski definition) is 1. The molecule has 21 heavy (non-hydrogen) atoms. The molecule has 1 N–H and O–H groups in total. The number of halogens is 3. The van der Waals surface area contributed by atoms with Gasteiger partial charge in [-0.25, -0.2) is 4.39 Å². The Morgan fingerprint density at radius 3 is 3.10 bits per heavy atom. The van der Waals surface area contributed by atoms with Gasteiger partial charge >= 0.3 is 0 Å². The number of ether oxygens (including phenoxy) is 1. The number of hydrogen-bond acceptors (Lipinski definition) is 3. The van der Waals surface area contributed by atoms with Crippen LogP contribution in [0.4, 0.5) is 4.39 Å². The minimum atomic E-state index is -0.377. The average molecular weight is 378 g/mol. The van der Waals surface area contributed by atoms with Crippen molar-refractivity contribution in [3.63, 3.8) is 0 Å². The van der Waals surface area contributed by atoms with E-state index >= 15 is 0 Å². The summed E-state index contributed by atoms with van der Waals surface area (Å²) in [6.07, 6.45) is 2.37. The summed E-state index contributed by atoms with van der Waals surface area (Å²) in [5.74, 6) is -0.377. The fourth-order valence-electron chi connectivity index (χ4n) is 3.37. The van der Waals surface area contributed by atoms with Crippen LogP contribution in [0.2, 0.25) is 5.02 Å². The molecular weight excluding hydrogens is 359 g/mol. The van der Waals surface area contributed by atoms with Gasteiger partial charge < -0.3 is 10.1 Å². The zero-order valence-corrected chi connectivity index (χ0v) is 14.3. The lowest BCUT2D eigenvalue weighted by atomic mass is 9.99. The highest BCUT2D eigenvalue weighted by molar-refractivity contribution is 9.10. The normalized spacial score (nSPS) is 27.6. The standard InChI is InChI=1S/C15H19BrClFN2O/c1-19-15(10-4-5-11(16)13(17)14(10)18)12-7-20-6-2-3-9(20)8-21-12/h4-5,9,12,15,19H,2-3,6-8H2,1H3. The molecule has 2 aliphatic heterocycles. The molecule has 6 heteroatoms. The lowest BCUT2D eigenvalue weighted by molar-refractivity contribution is -0.0647. The molecule has 0 spiro atoms. The van der Waals surface area contributed by atoms with Gasteiger partial charge in [-0.15, -0.1) is 0 Å². The number of benzene rings is 1. The fraction of sp³-hybridized carbons (Fsp3) is 0.600.